The van der Waals surface area contributed by atoms with E-state index in [1.807, 2.05) is 13.0 Å². The Morgan fingerprint density at radius 3 is 2.66 bits per heavy atom. The number of halogens is 1. The van der Waals surface area contributed by atoms with Crippen molar-refractivity contribution in [3.05, 3.63) is 74.0 Å². The van der Waals surface area contributed by atoms with Crippen molar-refractivity contribution in [2.45, 2.75) is 6.92 Å². The Labute approximate surface area is 180 Å². The Bertz CT molecular complexity index is 1270. The molecule has 6 nitrogen and oxygen atoms in total. The molecule has 1 saturated heterocycles. The predicted molar refractivity (Wildman–Crippen MR) is 119 cm³/mol. The number of pyridine rings is 1. The molecule has 1 aliphatic rings. The summed E-state index contributed by atoms with van der Waals surface area (Å²) in [5, 5.41) is 0.380. The van der Waals surface area contributed by atoms with Crippen LogP contribution in [0, 0.1) is 6.92 Å². The largest absolute Gasteiger partial charge is 0.437 e. The van der Waals surface area contributed by atoms with Crippen molar-refractivity contribution in [1.82, 2.24) is 14.3 Å². The van der Waals surface area contributed by atoms with Gasteiger partial charge in [-0.25, -0.2) is 0 Å². The average molecular weight is 444 g/mol. The molecule has 0 saturated carbocycles. The fraction of sp³-hybridized carbons (Fsp3) is 0.100. The smallest absolute Gasteiger partial charge is 0.269 e. The molecule has 0 radical (unpaired) electrons. The van der Waals surface area contributed by atoms with Crippen molar-refractivity contribution >= 4 is 57.5 Å². The zero-order valence-electron chi connectivity index (χ0n) is 15.4. The van der Waals surface area contributed by atoms with E-state index in [9.17, 15) is 9.59 Å². The number of rotatable bonds is 3. The minimum atomic E-state index is -0.359. The molecule has 0 bridgehead atoms. The monoisotopic (exact) mass is 443 g/mol. The molecule has 9 heteroatoms. The van der Waals surface area contributed by atoms with Gasteiger partial charge in [-0.2, -0.15) is 4.98 Å². The number of ether oxygens (including phenoxy) is 1. The van der Waals surface area contributed by atoms with Crippen molar-refractivity contribution in [3.63, 3.8) is 0 Å². The fourth-order valence-corrected chi connectivity index (χ4v) is 4.14. The molecule has 1 amide bonds. The number of nitrogens with zero attached hydrogens (tertiary/aromatic N) is 3. The van der Waals surface area contributed by atoms with Crippen LogP contribution >= 0.6 is 35.6 Å². The summed E-state index contributed by atoms with van der Waals surface area (Å²) < 4.78 is 7.76. The maximum absolute atomic E-state index is 13.2. The first kappa shape index (κ1) is 19.6. The topological polar surface area (TPSA) is 63.9 Å². The molecule has 2 aromatic heterocycles. The maximum atomic E-state index is 13.2. The van der Waals surface area contributed by atoms with Crippen LogP contribution in [-0.4, -0.2) is 31.6 Å². The maximum Gasteiger partial charge on any atom is 0.269 e. The minimum absolute atomic E-state index is 0.0683. The number of hydrogen-bond acceptors (Lipinski definition) is 6. The van der Waals surface area contributed by atoms with Crippen LogP contribution in [0.3, 0.4) is 0 Å². The molecule has 3 heterocycles. The lowest BCUT2D eigenvalue weighted by Gasteiger charge is -2.12. The van der Waals surface area contributed by atoms with Crippen LogP contribution in [0.25, 0.3) is 11.7 Å². The van der Waals surface area contributed by atoms with E-state index >= 15 is 0 Å². The SMILES string of the molecule is Cc1cccn2c(=O)c(/C=C3/SC(=S)N(C)C3=O)c(Oc3ccccc3Cl)nc12. The van der Waals surface area contributed by atoms with Gasteiger partial charge in [0.15, 0.2) is 0 Å². The molecule has 0 spiro atoms. The zero-order chi connectivity index (χ0) is 20.7. The first-order valence-electron chi connectivity index (χ1n) is 8.52. The molecule has 3 aromatic rings. The molecule has 1 aliphatic heterocycles. The summed E-state index contributed by atoms with van der Waals surface area (Å²) >= 11 is 12.5. The number of fused-ring (bicyclic) bond motifs is 1. The van der Waals surface area contributed by atoms with Crippen LogP contribution in [0.1, 0.15) is 11.1 Å². The summed E-state index contributed by atoms with van der Waals surface area (Å²) in [7, 11) is 1.59. The van der Waals surface area contributed by atoms with E-state index < -0.39 is 0 Å². The van der Waals surface area contributed by atoms with Gasteiger partial charge in [-0.05, 0) is 36.8 Å². The lowest BCUT2D eigenvalue weighted by atomic mass is 10.2. The second kappa shape index (κ2) is 7.62. The standard InChI is InChI=1S/C20H14ClN3O3S2/c1-11-6-5-9-24-16(11)22-17(27-14-8-4-3-7-13(14)21)12(18(24)25)10-15-19(26)23(2)20(28)29-15/h3-10H,1-2H3/b15-10+. The van der Waals surface area contributed by atoms with Crippen molar-refractivity contribution in [3.8, 4) is 11.6 Å². The molecular weight excluding hydrogens is 430 g/mol. The summed E-state index contributed by atoms with van der Waals surface area (Å²) in [5.74, 6) is 0.146. The summed E-state index contributed by atoms with van der Waals surface area (Å²) in [6.45, 7) is 1.85. The highest BCUT2D eigenvalue weighted by Crippen LogP contribution is 2.34. The Kier molecular flexibility index (Phi) is 5.16. The Morgan fingerprint density at radius 2 is 1.97 bits per heavy atom. The number of thiocarbonyl (C=S) groups is 1. The first-order valence-corrected chi connectivity index (χ1v) is 10.1. The van der Waals surface area contributed by atoms with Gasteiger partial charge in [0.25, 0.3) is 11.5 Å². The number of hydrogen-bond donors (Lipinski definition) is 0. The molecule has 1 aromatic carbocycles. The van der Waals surface area contributed by atoms with Crippen LogP contribution in [0.4, 0.5) is 0 Å². The molecule has 0 atom stereocenters. The van der Waals surface area contributed by atoms with Gasteiger partial charge in [-0.15, -0.1) is 0 Å². The first-order chi connectivity index (χ1) is 13.9. The third-order valence-electron chi connectivity index (χ3n) is 4.35. The number of amides is 1. The van der Waals surface area contributed by atoms with E-state index in [0.717, 1.165) is 17.3 Å². The van der Waals surface area contributed by atoms with Gasteiger partial charge >= 0.3 is 0 Å². The number of carbonyl (C=O) groups is 1. The van der Waals surface area contributed by atoms with E-state index in [0.29, 0.717) is 25.6 Å². The van der Waals surface area contributed by atoms with Gasteiger partial charge in [-0.1, -0.05) is 53.8 Å². The van der Waals surface area contributed by atoms with Gasteiger partial charge in [0.05, 0.1) is 9.93 Å². The highest BCUT2D eigenvalue weighted by Gasteiger charge is 2.30. The molecule has 29 heavy (non-hydrogen) atoms. The van der Waals surface area contributed by atoms with Crippen LogP contribution in [0.5, 0.6) is 11.6 Å². The number of aromatic nitrogens is 2. The molecule has 146 valence electrons. The van der Waals surface area contributed by atoms with Crippen LogP contribution < -0.4 is 10.3 Å². The summed E-state index contributed by atoms with van der Waals surface area (Å²) in [4.78, 5) is 31.9. The van der Waals surface area contributed by atoms with Crippen LogP contribution in [0.2, 0.25) is 5.02 Å². The predicted octanol–water partition coefficient (Wildman–Crippen LogP) is 4.28. The van der Waals surface area contributed by atoms with E-state index in [1.165, 1.54) is 15.4 Å². The van der Waals surface area contributed by atoms with Crippen molar-refractivity contribution in [2.24, 2.45) is 0 Å². The molecule has 0 aliphatic carbocycles. The lowest BCUT2D eigenvalue weighted by Crippen LogP contribution is -2.23. The summed E-state index contributed by atoms with van der Waals surface area (Å²) in [5.41, 5.74) is 1.05. The third kappa shape index (κ3) is 3.55. The van der Waals surface area contributed by atoms with Crippen molar-refractivity contribution < 1.29 is 9.53 Å². The second-order valence-electron chi connectivity index (χ2n) is 6.29. The number of thioether (sulfide) groups is 1. The minimum Gasteiger partial charge on any atom is -0.437 e. The van der Waals surface area contributed by atoms with Gasteiger partial charge in [-0.3, -0.25) is 18.9 Å². The molecule has 1 fully saturated rings. The van der Waals surface area contributed by atoms with Gasteiger partial charge < -0.3 is 4.74 Å². The zero-order valence-corrected chi connectivity index (χ0v) is 17.8. The summed E-state index contributed by atoms with van der Waals surface area (Å²) in [6.07, 6.45) is 3.10. The molecule has 0 unspecified atom stereocenters. The van der Waals surface area contributed by atoms with Gasteiger partial charge in [0, 0.05) is 13.2 Å². The molecule has 4 rings (SSSR count). The van der Waals surface area contributed by atoms with E-state index in [1.54, 1.807) is 43.6 Å². The molecular formula is C20H14ClN3O3S2. The number of benzene rings is 1. The van der Waals surface area contributed by atoms with Crippen molar-refractivity contribution in [2.75, 3.05) is 7.05 Å². The normalized spacial score (nSPS) is 15.6. The average Bonchev–Trinajstić information content (AvgIpc) is 2.94. The Balaban J connectivity index is 1.95. The van der Waals surface area contributed by atoms with E-state index in [-0.39, 0.29) is 22.9 Å². The van der Waals surface area contributed by atoms with Crippen LogP contribution in [-0.2, 0) is 4.79 Å². The number of para-hydroxylation sites is 1. The van der Waals surface area contributed by atoms with Crippen LogP contribution in [0.15, 0.2) is 52.3 Å². The Morgan fingerprint density at radius 1 is 1.21 bits per heavy atom. The number of aryl methyl sites for hydroxylation is 1. The van der Waals surface area contributed by atoms with E-state index in [4.69, 9.17) is 28.6 Å². The fourth-order valence-electron chi connectivity index (χ4n) is 2.80. The van der Waals surface area contributed by atoms with Crippen molar-refractivity contribution in [1.29, 1.82) is 0 Å². The number of likely N-dealkylation sites (N-methyl/N-ethyl adjacent to an activating group) is 1. The third-order valence-corrected chi connectivity index (χ3v) is 6.15. The second-order valence-corrected chi connectivity index (χ2v) is 8.38. The lowest BCUT2D eigenvalue weighted by molar-refractivity contribution is -0.121. The quantitative estimate of drug-likeness (QED) is 0.444. The highest BCUT2D eigenvalue weighted by atomic mass is 35.5. The number of carbonyl (C=O) groups excluding carboxylic acids is 1. The van der Waals surface area contributed by atoms with Gasteiger partial charge in [0.2, 0.25) is 5.88 Å². The summed E-state index contributed by atoms with van der Waals surface area (Å²) in [6, 6.07) is 10.5. The van der Waals surface area contributed by atoms with E-state index in [2.05, 4.69) is 4.98 Å². The van der Waals surface area contributed by atoms with Gasteiger partial charge in [0.1, 0.15) is 21.3 Å². The molecule has 0 N–H and O–H groups in total. The Hall–Kier alpha value is -2.68. The highest BCUT2D eigenvalue weighted by molar-refractivity contribution is 8.26.